The Morgan fingerprint density at radius 2 is 1.88 bits per heavy atom. The number of likely N-dealkylation sites (tertiary alicyclic amines) is 1. The Hall–Kier alpha value is -2.24. The number of hydrogen-bond donors (Lipinski definition) is 0. The normalized spacial score (nSPS) is 20.0. The minimum atomic E-state index is -0.183. The van der Waals surface area contributed by atoms with Crippen LogP contribution in [0.5, 0.6) is 0 Å². The molecule has 1 atom stereocenters. The van der Waals surface area contributed by atoms with Gasteiger partial charge in [-0.3, -0.25) is 4.68 Å². The average molecular weight is 436 g/mol. The third-order valence-corrected chi connectivity index (χ3v) is 7.48. The molecule has 3 aromatic rings. The molecule has 1 aliphatic carbocycles. The number of aryl methyl sites for hydroxylation is 1. The quantitative estimate of drug-likeness (QED) is 0.481. The van der Waals surface area contributed by atoms with Crippen LogP contribution in [0.15, 0.2) is 42.6 Å². The van der Waals surface area contributed by atoms with Gasteiger partial charge in [-0.1, -0.05) is 18.2 Å². The summed E-state index contributed by atoms with van der Waals surface area (Å²) >= 11 is 0. The van der Waals surface area contributed by atoms with Crippen LogP contribution >= 0.6 is 0 Å². The third kappa shape index (κ3) is 4.33. The van der Waals surface area contributed by atoms with Crippen LogP contribution in [0.25, 0.3) is 10.9 Å². The van der Waals surface area contributed by atoms with Gasteiger partial charge in [0.2, 0.25) is 0 Å². The largest absolute Gasteiger partial charge is 0.373 e. The maximum absolute atomic E-state index is 13.6. The van der Waals surface area contributed by atoms with E-state index in [0.29, 0.717) is 6.61 Å². The summed E-state index contributed by atoms with van der Waals surface area (Å²) in [6.45, 7) is 7.99. The lowest BCUT2D eigenvalue weighted by Gasteiger charge is -2.41. The number of benzene rings is 2. The van der Waals surface area contributed by atoms with Gasteiger partial charge in [0.1, 0.15) is 5.82 Å². The van der Waals surface area contributed by atoms with Crippen molar-refractivity contribution in [2.45, 2.75) is 57.6 Å². The first kappa shape index (κ1) is 21.6. The van der Waals surface area contributed by atoms with Gasteiger partial charge in [-0.2, -0.15) is 5.10 Å². The van der Waals surface area contributed by atoms with Crippen LogP contribution < -0.4 is 0 Å². The number of fused-ring (bicyclic) bond motifs is 1. The van der Waals surface area contributed by atoms with Crippen LogP contribution in [-0.4, -0.2) is 41.4 Å². The summed E-state index contributed by atoms with van der Waals surface area (Å²) in [6.07, 6.45) is 6.61. The zero-order chi connectivity index (χ0) is 22.3. The van der Waals surface area contributed by atoms with Gasteiger partial charge in [0.15, 0.2) is 0 Å². The standard InChI is InChI=1S/C27H34FN3O/c1-19-14-22-16-29-31(17-21-4-5-21)26(22)25(15-19)20(2)32-18-27(10-12-30(3)13-11-27)23-6-8-24(28)9-7-23/h6-9,14-16,20-21H,4-5,10-13,17-18H2,1-3H3. The summed E-state index contributed by atoms with van der Waals surface area (Å²) in [5.41, 5.74) is 4.79. The van der Waals surface area contributed by atoms with Gasteiger partial charge in [0, 0.05) is 22.9 Å². The number of ether oxygens (including phenoxy) is 1. The average Bonchev–Trinajstić information content (AvgIpc) is 3.52. The molecule has 0 bridgehead atoms. The molecule has 1 aromatic heterocycles. The molecule has 4 nitrogen and oxygen atoms in total. The Balaban J connectivity index is 1.42. The van der Waals surface area contributed by atoms with E-state index < -0.39 is 0 Å². The molecular formula is C27H34FN3O. The molecule has 32 heavy (non-hydrogen) atoms. The molecule has 1 unspecified atom stereocenters. The highest BCUT2D eigenvalue weighted by Crippen LogP contribution is 2.38. The predicted molar refractivity (Wildman–Crippen MR) is 126 cm³/mol. The minimum absolute atomic E-state index is 0.0379. The van der Waals surface area contributed by atoms with Gasteiger partial charge in [-0.15, -0.1) is 0 Å². The van der Waals surface area contributed by atoms with Crippen LogP contribution in [0.2, 0.25) is 0 Å². The van der Waals surface area contributed by atoms with Crippen molar-refractivity contribution >= 4 is 10.9 Å². The number of halogens is 1. The lowest BCUT2D eigenvalue weighted by Crippen LogP contribution is -2.44. The van der Waals surface area contributed by atoms with Crippen LogP contribution in [0.1, 0.15) is 55.4 Å². The minimum Gasteiger partial charge on any atom is -0.373 e. The first-order valence-corrected chi connectivity index (χ1v) is 12.0. The molecule has 0 spiro atoms. The van der Waals surface area contributed by atoms with Crippen LogP contribution in [-0.2, 0) is 16.7 Å². The molecule has 2 heterocycles. The summed E-state index contributed by atoms with van der Waals surface area (Å²) in [5, 5.41) is 5.91. The predicted octanol–water partition coefficient (Wildman–Crippen LogP) is 5.64. The van der Waals surface area contributed by atoms with E-state index in [2.05, 4.69) is 42.6 Å². The number of aromatic nitrogens is 2. The van der Waals surface area contributed by atoms with E-state index in [1.165, 1.54) is 40.4 Å². The molecular weight excluding hydrogens is 401 g/mol. The SMILES string of the molecule is Cc1cc(C(C)OCC2(c3ccc(F)cc3)CCN(C)CC2)c2c(cnn2CC2CC2)c1. The van der Waals surface area contributed by atoms with E-state index in [0.717, 1.165) is 38.4 Å². The van der Waals surface area contributed by atoms with Gasteiger partial charge in [-0.05, 0) is 94.9 Å². The molecule has 1 saturated heterocycles. The van der Waals surface area contributed by atoms with Crippen molar-refractivity contribution < 1.29 is 9.13 Å². The molecule has 170 valence electrons. The monoisotopic (exact) mass is 435 g/mol. The fourth-order valence-electron chi connectivity index (χ4n) is 5.16. The number of nitrogens with zero attached hydrogens (tertiary/aromatic N) is 3. The molecule has 5 rings (SSSR count). The summed E-state index contributed by atoms with van der Waals surface area (Å²) in [4.78, 5) is 2.37. The second kappa shape index (κ2) is 8.60. The van der Waals surface area contributed by atoms with E-state index >= 15 is 0 Å². The molecule has 1 aliphatic heterocycles. The van der Waals surface area contributed by atoms with E-state index in [-0.39, 0.29) is 17.3 Å². The fraction of sp³-hybridized carbons (Fsp3) is 0.519. The van der Waals surface area contributed by atoms with Crippen LogP contribution in [0.3, 0.4) is 0 Å². The van der Waals surface area contributed by atoms with Gasteiger partial charge in [-0.25, -0.2) is 4.39 Å². The Morgan fingerprint density at radius 1 is 1.16 bits per heavy atom. The highest BCUT2D eigenvalue weighted by atomic mass is 19.1. The topological polar surface area (TPSA) is 30.3 Å². The lowest BCUT2D eigenvalue weighted by molar-refractivity contribution is 0.00686. The molecule has 5 heteroatoms. The van der Waals surface area contributed by atoms with E-state index in [4.69, 9.17) is 9.84 Å². The second-order valence-corrected chi connectivity index (χ2v) is 10.1. The van der Waals surface area contributed by atoms with Gasteiger partial charge < -0.3 is 9.64 Å². The molecule has 2 aromatic carbocycles. The van der Waals surface area contributed by atoms with Gasteiger partial charge >= 0.3 is 0 Å². The van der Waals surface area contributed by atoms with Crippen molar-refractivity contribution in [3.8, 4) is 0 Å². The van der Waals surface area contributed by atoms with Crippen LogP contribution in [0, 0.1) is 18.7 Å². The zero-order valence-corrected chi connectivity index (χ0v) is 19.5. The molecule has 0 radical (unpaired) electrons. The Bertz CT molecular complexity index is 1080. The van der Waals surface area contributed by atoms with Crippen molar-refractivity contribution in [2.75, 3.05) is 26.7 Å². The molecule has 2 aliphatic rings. The highest BCUT2D eigenvalue weighted by Gasteiger charge is 2.36. The number of hydrogen-bond acceptors (Lipinski definition) is 3. The maximum Gasteiger partial charge on any atom is 0.123 e. The maximum atomic E-state index is 13.6. The van der Waals surface area contributed by atoms with Crippen molar-refractivity contribution in [3.63, 3.8) is 0 Å². The first-order valence-electron chi connectivity index (χ1n) is 12.0. The van der Waals surface area contributed by atoms with Crippen molar-refractivity contribution in [1.82, 2.24) is 14.7 Å². The molecule has 0 amide bonds. The van der Waals surface area contributed by atoms with Gasteiger partial charge in [0.25, 0.3) is 0 Å². The fourth-order valence-corrected chi connectivity index (χ4v) is 5.16. The first-order chi connectivity index (χ1) is 15.4. The summed E-state index contributed by atoms with van der Waals surface area (Å²) < 4.78 is 22.4. The number of piperidine rings is 1. The van der Waals surface area contributed by atoms with E-state index in [9.17, 15) is 4.39 Å². The van der Waals surface area contributed by atoms with Gasteiger partial charge in [0.05, 0.1) is 24.4 Å². The number of rotatable bonds is 7. The zero-order valence-electron chi connectivity index (χ0n) is 19.5. The summed E-state index contributed by atoms with van der Waals surface area (Å²) in [6, 6.07) is 11.5. The Morgan fingerprint density at radius 3 is 2.56 bits per heavy atom. The van der Waals surface area contributed by atoms with Crippen molar-refractivity contribution in [3.05, 3.63) is 65.1 Å². The van der Waals surface area contributed by atoms with E-state index in [1.54, 1.807) is 12.1 Å². The molecule has 0 N–H and O–H groups in total. The van der Waals surface area contributed by atoms with Crippen molar-refractivity contribution in [1.29, 1.82) is 0 Å². The Kier molecular flexibility index (Phi) is 5.81. The summed E-state index contributed by atoms with van der Waals surface area (Å²) in [5.74, 6) is 0.585. The second-order valence-electron chi connectivity index (χ2n) is 10.1. The molecule has 2 fully saturated rings. The van der Waals surface area contributed by atoms with E-state index in [1.807, 2.05) is 18.3 Å². The lowest BCUT2D eigenvalue weighted by atomic mass is 9.73. The smallest absolute Gasteiger partial charge is 0.123 e. The summed E-state index contributed by atoms with van der Waals surface area (Å²) in [7, 11) is 2.17. The van der Waals surface area contributed by atoms with Crippen molar-refractivity contribution in [2.24, 2.45) is 5.92 Å². The molecule has 1 saturated carbocycles. The van der Waals surface area contributed by atoms with Crippen LogP contribution in [0.4, 0.5) is 4.39 Å². The highest BCUT2D eigenvalue weighted by molar-refractivity contribution is 5.83. The Labute approximate surface area is 190 Å². The third-order valence-electron chi connectivity index (χ3n) is 7.48.